The second-order valence-electron chi connectivity index (χ2n) is 7.89. The third-order valence-corrected chi connectivity index (χ3v) is 5.19. The van der Waals surface area contributed by atoms with Crippen molar-refractivity contribution < 1.29 is 19.1 Å². The fraction of sp³-hybridized carbons (Fsp3) is 0.450. The number of ketones is 1. The van der Waals surface area contributed by atoms with E-state index in [1.165, 1.54) is 7.11 Å². The first kappa shape index (κ1) is 19.4. The number of carbonyl (C=O) groups is 3. The number of halogens is 1. The van der Waals surface area contributed by atoms with Gasteiger partial charge in [-0.3, -0.25) is 14.4 Å². The van der Waals surface area contributed by atoms with Crippen LogP contribution in [0.2, 0.25) is 5.02 Å². The van der Waals surface area contributed by atoms with Crippen LogP contribution >= 0.6 is 11.6 Å². The number of amides is 2. The maximum atomic E-state index is 12.5. The van der Waals surface area contributed by atoms with Crippen molar-refractivity contribution in [2.24, 2.45) is 11.3 Å². The average Bonchev–Trinajstić information content (AvgIpc) is 2.55. The molecule has 6 nitrogen and oxygen atoms in total. The first-order chi connectivity index (χ1) is 12.7. The number of rotatable bonds is 4. The topological polar surface area (TPSA) is 84.5 Å². The van der Waals surface area contributed by atoms with E-state index in [1.807, 2.05) is 13.8 Å². The maximum absolute atomic E-state index is 12.5. The number of hydrogen-bond acceptors (Lipinski definition) is 4. The Morgan fingerprint density at radius 1 is 1.33 bits per heavy atom. The lowest BCUT2D eigenvalue weighted by atomic mass is 9.72. The summed E-state index contributed by atoms with van der Waals surface area (Å²) in [7, 11) is 1.50. The van der Waals surface area contributed by atoms with Gasteiger partial charge < -0.3 is 15.4 Å². The van der Waals surface area contributed by atoms with E-state index < -0.39 is 5.92 Å². The molecule has 2 aliphatic rings. The van der Waals surface area contributed by atoms with Gasteiger partial charge in [0.25, 0.3) is 0 Å². The van der Waals surface area contributed by atoms with Gasteiger partial charge in [-0.2, -0.15) is 0 Å². The molecule has 1 aliphatic carbocycles. The van der Waals surface area contributed by atoms with Crippen LogP contribution in [0.5, 0.6) is 5.75 Å². The molecule has 0 radical (unpaired) electrons. The van der Waals surface area contributed by atoms with Crippen molar-refractivity contribution in [3.8, 4) is 5.75 Å². The fourth-order valence-corrected chi connectivity index (χ4v) is 3.84. The lowest BCUT2D eigenvalue weighted by molar-refractivity contribution is -0.129. The predicted molar refractivity (Wildman–Crippen MR) is 103 cm³/mol. The third kappa shape index (κ3) is 4.33. The van der Waals surface area contributed by atoms with Crippen molar-refractivity contribution in [3.63, 3.8) is 0 Å². The molecular weight excluding hydrogens is 368 g/mol. The first-order valence-corrected chi connectivity index (χ1v) is 9.26. The Balaban J connectivity index is 1.71. The van der Waals surface area contributed by atoms with Crippen LogP contribution < -0.4 is 15.4 Å². The normalized spacial score (nSPS) is 21.4. The highest BCUT2D eigenvalue weighted by atomic mass is 35.5. The van der Waals surface area contributed by atoms with Gasteiger partial charge in [-0.1, -0.05) is 25.4 Å². The Morgan fingerprint density at radius 2 is 2.07 bits per heavy atom. The van der Waals surface area contributed by atoms with Gasteiger partial charge in [-0.15, -0.1) is 0 Å². The van der Waals surface area contributed by atoms with Crippen LogP contribution in [0.4, 0.5) is 5.69 Å². The summed E-state index contributed by atoms with van der Waals surface area (Å²) in [6.07, 6.45) is 1.41. The molecule has 3 rings (SSSR count). The summed E-state index contributed by atoms with van der Waals surface area (Å²) in [5.74, 6) is -0.575. The van der Waals surface area contributed by atoms with Crippen molar-refractivity contribution >= 4 is 34.9 Å². The number of ether oxygens (including phenoxy) is 1. The van der Waals surface area contributed by atoms with Crippen LogP contribution in [0.1, 0.15) is 39.5 Å². The summed E-state index contributed by atoms with van der Waals surface area (Å²) in [5.41, 5.74) is 1.67. The highest BCUT2D eigenvalue weighted by Gasteiger charge is 2.39. The molecule has 0 fully saturated rings. The van der Waals surface area contributed by atoms with Gasteiger partial charge in [0.2, 0.25) is 11.8 Å². The van der Waals surface area contributed by atoms with Crippen LogP contribution in [-0.2, 0) is 14.4 Å². The Kier molecular flexibility index (Phi) is 5.29. The highest BCUT2D eigenvalue weighted by molar-refractivity contribution is 6.31. The highest BCUT2D eigenvalue weighted by Crippen LogP contribution is 2.40. The zero-order valence-electron chi connectivity index (χ0n) is 15.6. The van der Waals surface area contributed by atoms with Crippen molar-refractivity contribution in [2.75, 3.05) is 12.4 Å². The zero-order valence-corrected chi connectivity index (χ0v) is 16.4. The Hall–Kier alpha value is -2.34. The number of allylic oxidation sites excluding steroid dienone is 2. The second-order valence-corrected chi connectivity index (χ2v) is 8.32. The van der Waals surface area contributed by atoms with Crippen molar-refractivity contribution in [1.82, 2.24) is 5.32 Å². The molecule has 27 heavy (non-hydrogen) atoms. The van der Waals surface area contributed by atoms with E-state index in [2.05, 4.69) is 10.6 Å². The molecule has 1 atom stereocenters. The fourth-order valence-electron chi connectivity index (χ4n) is 3.67. The van der Waals surface area contributed by atoms with Crippen LogP contribution in [0.3, 0.4) is 0 Å². The van der Waals surface area contributed by atoms with Gasteiger partial charge in [0.05, 0.1) is 18.7 Å². The first-order valence-electron chi connectivity index (χ1n) is 8.88. The van der Waals surface area contributed by atoms with E-state index >= 15 is 0 Å². The molecule has 0 aromatic heterocycles. The number of carbonyl (C=O) groups excluding carboxylic acids is 3. The molecule has 144 valence electrons. The molecule has 1 unspecified atom stereocenters. The van der Waals surface area contributed by atoms with Crippen LogP contribution in [0, 0.1) is 11.3 Å². The molecule has 0 saturated heterocycles. The maximum Gasteiger partial charge on any atom is 0.228 e. The minimum absolute atomic E-state index is 0.0189. The molecule has 2 amide bonds. The van der Waals surface area contributed by atoms with Gasteiger partial charge in [-0.25, -0.2) is 0 Å². The van der Waals surface area contributed by atoms with E-state index in [-0.39, 0.29) is 29.4 Å². The number of Topliss-reactive ketones (excluding diaryl/α,β-unsaturated/α-hetero) is 1. The standard InChI is InChI=1S/C20H23ClN2O4/c1-20(2)9-15-13(16(24)10-20)6-11(19(26)23-15)7-18(25)22-14-8-12(21)4-5-17(14)27-3/h4-5,8,11H,6-7,9-10H2,1-3H3,(H,22,25)(H,23,26). The summed E-state index contributed by atoms with van der Waals surface area (Å²) in [5, 5.41) is 6.05. The Labute approximate surface area is 163 Å². The van der Waals surface area contributed by atoms with E-state index in [0.717, 1.165) is 5.70 Å². The second kappa shape index (κ2) is 7.35. The molecule has 7 heteroatoms. The van der Waals surface area contributed by atoms with E-state index in [0.29, 0.717) is 41.3 Å². The van der Waals surface area contributed by atoms with Crippen molar-refractivity contribution in [2.45, 2.75) is 39.5 Å². The number of benzene rings is 1. The summed E-state index contributed by atoms with van der Waals surface area (Å²) >= 11 is 5.97. The minimum atomic E-state index is -0.570. The molecule has 1 aliphatic heterocycles. The number of methoxy groups -OCH3 is 1. The molecule has 2 N–H and O–H groups in total. The summed E-state index contributed by atoms with van der Waals surface area (Å²) in [4.78, 5) is 37.4. The average molecular weight is 391 g/mol. The smallest absolute Gasteiger partial charge is 0.228 e. The van der Waals surface area contributed by atoms with Gasteiger partial charge >= 0.3 is 0 Å². The monoisotopic (exact) mass is 390 g/mol. The van der Waals surface area contributed by atoms with Crippen LogP contribution in [-0.4, -0.2) is 24.7 Å². The lowest BCUT2D eigenvalue weighted by Gasteiger charge is -2.36. The number of hydrogen-bond donors (Lipinski definition) is 2. The van der Waals surface area contributed by atoms with Gasteiger partial charge in [0.15, 0.2) is 5.78 Å². The van der Waals surface area contributed by atoms with E-state index in [9.17, 15) is 14.4 Å². The third-order valence-electron chi connectivity index (χ3n) is 4.96. The molecule has 1 aromatic carbocycles. The molecule has 0 bridgehead atoms. The lowest BCUT2D eigenvalue weighted by Crippen LogP contribution is -2.43. The number of nitrogens with one attached hydrogen (secondary N) is 2. The zero-order chi connectivity index (χ0) is 19.8. The van der Waals surface area contributed by atoms with E-state index in [4.69, 9.17) is 16.3 Å². The number of anilines is 1. The van der Waals surface area contributed by atoms with E-state index in [1.54, 1.807) is 18.2 Å². The SMILES string of the molecule is COc1ccc(Cl)cc1NC(=O)CC1CC2=C(CC(C)(C)CC2=O)NC1=O. The molecular formula is C20H23ClN2O4. The van der Waals surface area contributed by atoms with Crippen LogP contribution in [0.15, 0.2) is 29.5 Å². The van der Waals surface area contributed by atoms with Crippen molar-refractivity contribution in [1.29, 1.82) is 0 Å². The largest absolute Gasteiger partial charge is 0.495 e. The van der Waals surface area contributed by atoms with Gasteiger partial charge in [-0.05, 0) is 36.5 Å². The molecule has 1 heterocycles. The Morgan fingerprint density at radius 3 is 2.78 bits per heavy atom. The minimum Gasteiger partial charge on any atom is -0.495 e. The summed E-state index contributed by atoms with van der Waals surface area (Å²) in [6.45, 7) is 4.03. The summed E-state index contributed by atoms with van der Waals surface area (Å²) in [6, 6.07) is 4.91. The predicted octanol–water partition coefficient (Wildman–Crippen LogP) is 3.46. The van der Waals surface area contributed by atoms with Crippen LogP contribution in [0.25, 0.3) is 0 Å². The van der Waals surface area contributed by atoms with Gasteiger partial charge in [0, 0.05) is 29.1 Å². The van der Waals surface area contributed by atoms with Gasteiger partial charge in [0.1, 0.15) is 5.75 Å². The summed E-state index contributed by atoms with van der Waals surface area (Å²) < 4.78 is 5.21. The Bertz CT molecular complexity index is 844. The molecule has 1 aromatic rings. The molecule has 0 spiro atoms. The van der Waals surface area contributed by atoms with Crippen molar-refractivity contribution in [3.05, 3.63) is 34.5 Å². The molecule has 0 saturated carbocycles. The quantitative estimate of drug-likeness (QED) is 0.824.